The molecule has 0 spiro atoms. The predicted octanol–water partition coefficient (Wildman–Crippen LogP) is 4.30. The van der Waals surface area contributed by atoms with Crippen molar-refractivity contribution in [2.45, 2.75) is 58.0 Å². The molecule has 4 fully saturated rings. The van der Waals surface area contributed by atoms with E-state index in [0.717, 1.165) is 37.0 Å². The van der Waals surface area contributed by atoms with E-state index < -0.39 is 17.8 Å². The van der Waals surface area contributed by atoms with Gasteiger partial charge in [-0.1, -0.05) is 12.1 Å². The van der Waals surface area contributed by atoms with Gasteiger partial charge in [-0.15, -0.1) is 0 Å². The fourth-order valence-corrected chi connectivity index (χ4v) is 5.90. The highest BCUT2D eigenvalue weighted by Gasteiger charge is 2.51. The normalized spacial score (nSPS) is 32.9. The Morgan fingerprint density at radius 2 is 1.73 bits per heavy atom. The zero-order valence-corrected chi connectivity index (χ0v) is 15.2. The third-order valence-electron chi connectivity index (χ3n) is 6.49. The average molecular weight is 359 g/mol. The van der Waals surface area contributed by atoms with E-state index in [1.54, 1.807) is 12.1 Å². The van der Waals surface area contributed by atoms with E-state index in [1.807, 2.05) is 0 Å². The maximum Gasteiger partial charge on any atom is 0.307 e. The number of benzene rings is 1. The monoisotopic (exact) mass is 359 g/mol. The van der Waals surface area contributed by atoms with E-state index in [4.69, 9.17) is 4.74 Å². The van der Waals surface area contributed by atoms with E-state index in [2.05, 4.69) is 5.32 Å². The molecule has 5 heteroatoms. The van der Waals surface area contributed by atoms with E-state index in [0.29, 0.717) is 6.42 Å². The molecule has 0 saturated heterocycles. The second-order valence-corrected chi connectivity index (χ2v) is 8.70. The van der Waals surface area contributed by atoms with Crippen LogP contribution >= 0.6 is 0 Å². The van der Waals surface area contributed by atoms with Gasteiger partial charge in [0.2, 0.25) is 0 Å². The van der Waals surface area contributed by atoms with Crippen LogP contribution in [0.25, 0.3) is 0 Å². The minimum absolute atomic E-state index is 0.0908. The topological polar surface area (TPSA) is 55.4 Å². The first-order valence-electron chi connectivity index (χ1n) is 9.67. The largest absolute Gasteiger partial charge is 0.453 e. The summed E-state index contributed by atoms with van der Waals surface area (Å²) in [6.07, 6.45) is 6.85. The number of hydrogen-bond donors (Lipinski definition) is 1. The third kappa shape index (κ3) is 3.49. The first kappa shape index (κ1) is 17.5. The number of anilines is 1. The number of hydrogen-bond acceptors (Lipinski definition) is 3. The predicted molar refractivity (Wildman–Crippen MR) is 95.8 cm³/mol. The van der Waals surface area contributed by atoms with Crippen LogP contribution in [0.15, 0.2) is 24.3 Å². The number of halogens is 1. The molecular formula is C21H26FNO3. The summed E-state index contributed by atoms with van der Waals surface area (Å²) < 4.78 is 19.0. The lowest BCUT2D eigenvalue weighted by atomic mass is 9.49. The molecule has 0 aliphatic heterocycles. The minimum Gasteiger partial charge on any atom is -0.453 e. The van der Waals surface area contributed by atoms with Crippen molar-refractivity contribution in [3.8, 4) is 0 Å². The molecule has 0 unspecified atom stereocenters. The fourth-order valence-electron chi connectivity index (χ4n) is 5.90. The van der Waals surface area contributed by atoms with Gasteiger partial charge in [0.15, 0.2) is 6.10 Å². The summed E-state index contributed by atoms with van der Waals surface area (Å²) >= 11 is 0. The number of ether oxygens (including phenoxy) is 1. The summed E-state index contributed by atoms with van der Waals surface area (Å²) in [5.74, 6) is 1.01. The van der Waals surface area contributed by atoms with Gasteiger partial charge in [0, 0.05) is 0 Å². The first-order valence-corrected chi connectivity index (χ1v) is 9.67. The molecule has 1 N–H and O–H groups in total. The van der Waals surface area contributed by atoms with Gasteiger partial charge in [0.25, 0.3) is 5.91 Å². The van der Waals surface area contributed by atoms with E-state index in [1.165, 1.54) is 38.3 Å². The summed E-state index contributed by atoms with van der Waals surface area (Å²) in [5, 5.41) is 2.48. The number of carbonyl (C=O) groups excluding carboxylic acids is 2. The number of amides is 1. The molecule has 0 radical (unpaired) electrons. The molecule has 0 heterocycles. The quantitative estimate of drug-likeness (QED) is 0.798. The van der Waals surface area contributed by atoms with Gasteiger partial charge in [-0.3, -0.25) is 9.59 Å². The standard InChI is InChI=1S/C21H26FNO3/c1-13(20(25)23-18-5-3-2-4-17(18)22)26-19(24)12-21-9-14-6-15(10-21)8-16(7-14)11-21/h2-5,13-16H,6-12H2,1H3,(H,23,25)/t13-,14?,15?,16?,21?/m1/s1. The van der Waals surface area contributed by atoms with E-state index >= 15 is 0 Å². The molecule has 4 aliphatic carbocycles. The molecule has 4 bridgehead atoms. The van der Waals surface area contributed by atoms with Crippen molar-refractivity contribution in [3.05, 3.63) is 30.1 Å². The molecule has 5 rings (SSSR count). The SMILES string of the molecule is C[C@@H](OC(=O)CC12CC3CC(CC(C3)C1)C2)C(=O)Nc1ccccc1F. The molecule has 140 valence electrons. The van der Waals surface area contributed by atoms with Gasteiger partial charge < -0.3 is 10.1 Å². The van der Waals surface area contributed by atoms with Crippen LogP contribution in [0.3, 0.4) is 0 Å². The zero-order valence-electron chi connectivity index (χ0n) is 15.2. The van der Waals surface area contributed by atoms with Gasteiger partial charge in [-0.2, -0.15) is 0 Å². The Bertz CT molecular complexity index is 682. The Hall–Kier alpha value is -1.91. The molecule has 1 aromatic carbocycles. The van der Waals surface area contributed by atoms with Crippen LogP contribution in [-0.2, 0) is 14.3 Å². The molecule has 4 nitrogen and oxygen atoms in total. The van der Waals surface area contributed by atoms with Crippen molar-refractivity contribution >= 4 is 17.6 Å². The second kappa shape index (κ2) is 6.67. The lowest BCUT2D eigenvalue weighted by molar-refractivity contribution is -0.160. The number of rotatable bonds is 5. The third-order valence-corrected chi connectivity index (χ3v) is 6.49. The molecular weight excluding hydrogens is 333 g/mol. The van der Waals surface area contributed by atoms with Gasteiger partial charge in [0.1, 0.15) is 5.82 Å². The molecule has 4 aliphatic rings. The van der Waals surface area contributed by atoms with Crippen molar-refractivity contribution in [3.63, 3.8) is 0 Å². The van der Waals surface area contributed by atoms with Gasteiger partial charge in [-0.25, -0.2) is 4.39 Å². The maximum absolute atomic E-state index is 13.6. The Morgan fingerprint density at radius 3 is 2.31 bits per heavy atom. The highest BCUT2D eigenvalue weighted by atomic mass is 19.1. The Balaban J connectivity index is 1.33. The van der Waals surface area contributed by atoms with Crippen LogP contribution in [0.5, 0.6) is 0 Å². The second-order valence-electron chi connectivity index (χ2n) is 8.70. The van der Waals surface area contributed by atoms with Gasteiger partial charge >= 0.3 is 5.97 Å². The fraction of sp³-hybridized carbons (Fsp3) is 0.619. The lowest BCUT2D eigenvalue weighted by Gasteiger charge is -2.56. The number of nitrogens with one attached hydrogen (secondary N) is 1. The Morgan fingerprint density at radius 1 is 1.15 bits per heavy atom. The number of esters is 1. The highest BCUT2D eigenvalue weighted by Crippen LogP contribution is 2.61. The number of para-hydroxylation sites is 1. The van der Waals surface area contributed by atoms with Crippen LogP contribution in [0.2, 0.25) is 0 Å². The summed E-state index contributed by atoms with van der Waals surface area (Å²) in [6, 6.07) is 5.96. The van der Waals surface area contributed by atoms with Crippen molar-refractivity contribution in [2.24, 2.45) is 23.2 Å². The first-order chi connectivity index (χ1) is 12.4. The summed E-state index contributed by atoms with van der Waals surface area (Å²) in [4.78, 5) is 24.7. The van der Waals surface area contributed by atoms with Crippen molar-refractivity contribution in [2.75, 3.05) is 5.32 Å². The molecule has 1 atom stereocenters. The molecule has 0 aromatic heterocycles. The molecule has 1 amide bonds. The van der Waals surface area contributed by atoms with E-state index in [-0.39, 0.29) is 17.1 Å². The van der Waals surface area contributed by atoms with E-state index in [9.17, 15) is 14.0 Å². The molecule has 26 heavy (non-hydrogen) atoms. The zero-order chi connectivity index (χ0) is 18.3. The van der Waals surface area contributed by atoms with Crippen molar-refractivity contribution in [1.29, 1.82) is 0 Å². The molecule has 4 saturated carbocycles. The molecule has 1 aromatic rings. The lowest BCUT2D eigenvalue weighted by Crippen LogP contribution is -2.47. The summed E-state index contributed by atoms with van der Waals surface area (Å²) in [5.41, 5.74) is 0.189. The summed E-state index contributed by atoms with van der Waals surface area (Å²) in [7, 11) is 0. The van der Waals surface area contributed by atoms with Crippen molar-refractivity contribution < 1.29 is 18.7 Å². The minimum atomic E-state index is -0.934. The van der Waals surface area contributed by atoms with Gasteiger partial charge in [-0.05, 0) is 80.8 Å². The van der Waals surface area contributed by atoms with Crippen LogP contribution < -0.4 is 5.32 Å². The average Bonchev–Trinajstić information content (AvgIpc) is 2.54. The smallest absolute Gasteiger partial charge is 0.307 e. The summed E-state index contributed by atoms with van der Waals surface area (Å²) in [6.45, 7) is 1.54. The van der Waals surface area contributed by atoms with Crippen LogP contribution in [0.4, 0.5) is 10.1 Å². The maximum atomic E-state index is 13.6. The van der Waals surface area contributed by atoms with Gasteiger partial charge in [0.05, 0.1) is 12.1 Å². The van der Waals surface area contributed by atoms with Crippen molar-refractivity contribution in [1.82, 2.24) is 0 Å². The Labute approximate surface area is 153 Å². The Kier molecular flexibility index (Phi) is 4.49. The highest BCUT2D eigenvalue weighted by molar-refractivity contribution is 5.95. The van der Waals surface area contributed by atoms with Crippen LogP contribution in [0, 0.1) is 29.0 Å². The van der Waals surface area contributed by atoms with Crippen LogP contribution in [-0.4, -0.2) is 18.0 Å². The van der Waals surface area contributed by atoms with Crippen LogP contribution in [0.1, 0.15) is 51.9 Å². The number of carbonyl (C=O) groups is 2.